The van der Waals surface area contributed by atoms with Crippen molar-refractivity contribution >= 4 is 21.9 Å². The summed E-state index contributed by atoms with van der Waals surface area (Å²) in [7, 11) is 0. The highest BCUT2D eigenvalue weighted by Gasteiger charge is 2.12. The minimum atomic E-state index is 0.682. The Kier molecular flexibility index (Phi) is 2.69. The zero-order chi connectivity index (χ0) is 15.9. The second kappa shape index (κ2) is 4.99. The van der Waals surface area contributed by atoms with Crippen LogP contribution in [0.1, 0.15) is 0 Å². The van der Waals surface area contributed by atoms with Crippen molar-refractivity contribution in [3.63, 3.8) is 0 Å². The Morgan fingerprint density at radius 1 is 0.917 bits per heavy atom. The molecule has 0 spiro atoms. The minimum absolute atomic E-state index is 0.682. The second-order valence-corrected chi connectivity index (χ2v) is 5.55. The molecule has 0 aliphatic rings. The number of nitrogens with one attached hydrogen (secondary N) is 2. The number of pyridine rings is 3. The quantitative estimate of drug-likeness (QED) is 0.522. The molecule has 0 amide bonds. The summed E-state index contributed by atoms with van der Waals surface area (Å²) in [5, 5.41) is 9.46. The van der Waals surface area contributed by atoms with E-state index in [9.17, 15) is 0 Å². The number of aromatic nitrogens is 6. The van der Waals surface area contributed by atoms with Crippen LogP contribution in [0.3, 0.4) is 0 Å². The lowest BCUT2D eigenvalue weighted by atomic mass is 10.1. The lowest BCUT2D eigenvalue weighted by Crippen LogP contribution is -1.85. The molecule has 0 aliphatic carbocycles. The lowest BCUT2D eigenvalue weighted by Gasteiger charge is -2.00. The smallest absolute Gasteiger partial charge is 0.181 e. The van der Waals surface area contributed by atoms with Gasteiger partial charge in [-0.1, -0.05) is 6.07 Å². The summed E-state index contributed by atoms with van der Waals surface area (Å²) in [4.78, 5) is 16.4. The molecule has 6 nitrogen and oxygen atoms in total. The maximum atomic E-state index is 4.45. The van der Waals surface area contributed by atoms with Crippen LogP contribution in [0.4, 0.5) is 0 Å². The highest BCUT2D eigenvalue weighted by Crippen LogP contribution is 2.29. The SMILES string of the molecule is c1ccc(-c2cnc3n[nH]c(-c4cc5ccncc5[nH]4)c3c2)nc1. The molecule has 6 heteroatoms. The number of H-pyrrole nitrogens is 2. The Morgan fingerprint density at radius 3 is 2.79 bits per heavy atom. The third kappa shape index (κ3) is 1.97. The van der Waals surface area contributed by atoms with Gasteiger partial charge < -0.3 is 4.98 Å². The third-order valence-corrected chi connectivity index (χ3v) is 4.06. The molecule has 0 unspecified atom stereocenters. The van der Waals surface area contributed by atoms with Crippen LogP contribution in [0.5, 0.6) is 0 Å². The van der Waals surface area contributed by atoms with Crippen LogP contribution in [0, 0.1) is 0 Å². The van der Waals surface area contributed by atoms with E-state index in [-0.39, 0.29) is 0 Å². The molecule has 0 atom stereocenters. The van der Waals surface area contributed by atoms with Gasteiger partial charge in [-0.15, -0.1) is 0 Å². The first-order valence-corrected chi connectivity index (χ1v) is 7.57. The van der Waals surface area contributed by atoms with Crippen molar-refractivity contribution in [3.05, 3.63) is 61.2 Å². The van der Waals surface area contributed by atoms with Crippen LogP contribution in [0.25, 0.3) is 44.6 Å². The van der Waals surface area contributed by atoms with Gasteiger partial charge in [-0.2, -0.15) is 5.10 Å². The van der Waals surface area contributed by atoms with Gasteiger partial charge in [0.1, 0.15) is 0 Å². The molecular formula is C18H12N6. The number of nitrogens with zero attached hydrogens (tertiary/aromatic N) is 4. The van der Waals surface area contributed by atoms with Gasteiger partial charge in [-0.05, 0) is 30.3 Å². The molecule has 0 aromatic carbocycles. The molecule has 5 aromatic rings. The summed E-state index contributed by atoms with van der Waals surface area (Å²) in [5.74, 6) is 0. The topological polar surface area (TPSA) is 83.1 Å². The molecule has 0 bridgehead atoms. The number of rotatable bonds is 2. The molecule has 0 aliphatic heterocycles. The fraction of sp³-hybridized carbons (Fsp3) is 0. The van der Waals surface area contributed by atoms with E-state index in [4.69, 9.17) is 0 Å². The Morgan fingerprint density at radius 2 is 1.92 bits per heavy atom. The van der Waals surface area contributed by atoms with Gasteiger partial charge >= 0.3 is 0 Å². The first-order valence-electron chi connectivity index (χ1n) is 7.57. The molecular weight excluding hydrogens is 300 g/mol. The fourth-order valence-corrected chi connectivity index (χ4v) is 2.89. The average Bonchev–Trinajstić information content (AvgIpc) is 3.25. The molecule has 5 aromatic heterocycles. The number of aromatic amines is 2. The Bertz CT molecular complexity index is 1120. The van der Waals surface area contributed by atoms with Crippen molar-refractivity contribution in [1.29, 1.82) is 0 Å². The lowest BCUT2D eigenvalue weighted by molar-refractivity contribution is 1.10. The summed E-state index contributed by atoms with van der Waals surface area (Å²) in [6.45, 7) is 0. The monoisotopic (exact) mass is 312 g/mol. The Hall–Kier alpha value is -3.54. The molecule has 114 valence electrons. The van der Waals surface area contributed by atoms with Gasteiger partial charge in [-0.25, -0.2) is 4.98 Å². The highest BCUT2D eigenvalue weighted by atomic mass is 15.2. The minimum Gasteiger partial charge on any atom is -0.352 e. The zero-order valence-corrected chi connectivity index (χ0v) is 12.6. The summed E-state index contributed by atoms with van der Waals surface area (Å²) >= 11 is 0. The molecule has 5 heterocycles. The predicted octanol–water partition coefficient (Wildman–Crippen LogP) is 3.56. The van der Waals surface area contributed by atoms with Crippen molar-refractivity contribution in [3.8, 4) is 22.6 Å². The summed E-state index contributed by atoms with van der Waals surface area (Å²) < 4.78 is 0. The van der Waals surface area contributed by atoms with Crippen LogP contribution in [0.15, 0.2) is 61.2 Å². The van der Waals surface area contributed by atoms with Crippen molar-refractivity contribution in [2.45, 2.75) is 0 Å². The van der Waals surface area contributed by atoms with E-state index in [2.05, 4.69) is 42.3 Å². The van der Waals surface area contributed by atoms with Gasteiger partial charge in [-0.3, -0.25) is 15.1 Å². The second-order valence-electron chi connectivity index (χ2n) is 5.55. The van der Waals surface area contributed by atoms with E-state index in [0.717, 1.165) is 38.9 Å². The van der Waals surface area contributed by atoms with Crippen LogP contribution in [0.2, 0.25) is 0 Å². The summed E-state index contributed by atoms with van der Waals surface area (Å²) in [6.07, 6.45) is 7.17. The third-order valence-electron chi connectivity index (χ3n) is 4.06. The maximum Gasteiger partial charge on any atom is 0.181 e. The zero-order valence-electron chi connectivity index (χ0n) is 12.6. The van der Waals surface area contributed by atoms with Crippen molar-refractivity contribution in [2.75, 3.05) is 0 Å². The average molecular weight is 312 g/mol. The highest BCUT2D eigenvalue weighted by molar-refractivity contribution is 5.95. The molecule has 0 saturated heterocycles. The molecule has 5 rings (SSSR count). The van der Waals surface area contributed by atoms with E-state index >= 15 is 0 Å². The number of hydrogen-bond acceptors (Lipinski definition) is 4. The van der Waals surface area contributed by atoms with Gasteiger partial charge in [0.05, 0.1) is 28.8 Å². The molecule has 2 N–H and O–H groups in total. The molecule has 0 saturated carbocycles. The summed E-state index contributed by atoms with van der Waals surface area (Å²) in [6, 6.07) is 12.0. The van der Waals surface area contributed by atoms with E-state index in [1.165, 1.54) is 0 Å². The first kappa shape index (κ1) is 13.0. The standard InChI is InChI=1S/C18H12N6/c1-2-5-20-14(3-1)12-7-13-17(23-24-18(13)21-9-12)15-8-11-4-6-19-10-16(11)22-15/h1-10,22H,(H,21,23,24). The van der Waals surface area contributed by atoms with Crippen LogP contribution >= 0.6 is 0 Å². The van der Waals surface area contributed by atoms with Crippen molar-refractivity contribution in [1.82, 2.24) is 30.1 Å². The fourth-order valence-electron chi connectivity index (χ4n) is 2.89. The molecule has 24 heavy (non-hydrogen) atoms. The normalized spacial score (nSPS) is 11.3. The van der Waals surface area contributed by atoms with Crippen molar-refractivity contribution < 1.29 is 0 Å². The molecule has 0 radical (unpaired) electrons. The summed E-state index contributed by atoms with van der Waals surface area (Å²) in [5.41, 5.74) is 5.39. The number of hydrogen-bond donors (Lipinski definition) is 2. The van der Waals surface area contributed by atoms with Crippen molar-refractivity contribution in [2.24, 2.45) is 0 Å². The van der Waals surface area contributed by atoms with Gasteiger partial charge in [0.2, 0.25) is 0 Å². The van der Waals surface area contributed by atoms with E-state index in [1.54, 1.807) is 18.6 Å². The van der Waals surface area contributed by atoms with Crippen LogP contribution < -0.4 is 0 Å². The Balaban J connectivity index is 1.71. The largest absolute Gasteiger partial charge is 0.352 e. The number of fused-ring (bicyclic) bond motifs is 2. The maximum absolute atomic E-state index is 4.45. The van der Waals surface area contributed by atoms with Crippen LogP contribution in [-0.2, 0) is 0 Å². The van der Waals surface area contributed by atoms with Crippen LogP contribution in [-0.4, -0.2) is 30.1 Å². The van der Waals surface area contributed by atoms with E-state index < -0.39 is 0 Å². The Labute approximate surface area is 136 Å². The molecule has 0 fully saturated rings. The predicted molar refractivity (Wildman–Crippen MR) is 92.2 cm³/mol. The van der Waals surface area contributed by atoms with Gasteiger partial charge in [0.25, 0.3) is 0 Å². The van der Waals surface area contributed by atoms with E-state index in [1.807, 2.05) is 30.5 Å². The van der Waals surface area contributed by atoms with E-state index in [0.29, 0.717) is 5.65 Å². The first-order chi connectivity index (χ1) is 11.9. The van der Waals surface area contributed by atoms with Gasteiger partial charge in [0.15, 0.2) is 5.65 Å². The van der Waals surface area contributed by atoms with Gasteiger partial charge in [0, 0.05) is 34.9 Å².